The molecule has 2 aliphatic heterocycles. The summed E-state index contributed by atoms with van der Waals surface area (Å²) in [6, 6.07) is 0.533. The average molecular weight is 420 g/mol. The minimum absolute atomic E-state index is 0.142. The second kappa shape index (κ2) is 6.79. The molecule has 21 heavy (non-hydrogen) atoms. The van der Waals surface area contributed by atoms with E-state index in [1.165, 1.54) is 39.3 Å². The second-order valence-corrected chi connectivity index (χ2v) is 8.45. The van der Waals surface area contributed by atoms with E-state index in [0.717, 1.165) is 32.3 Å². The highest BCUT2D eigenvalue weighted by molar-refractivity contribution is 14.1. The molecule has 0 bridgehead atoms. The van der Waals surface area contributed by atoms with Gasteiger partial charge in [0.1, 0.15) is 0 Å². The number of thioether (sulfide) groups is 1. The summed E-state index contributed by atoms with van der Waals surface area (Å²) in [5, 5.41) is 4.95. The van der Waals surface area contributed by atoms with Crippen LogP contribution in [0.5, 0.6) is 0 Å². The van der Waals surface area contributed by atoms with Crippen molar-refractivity contribution < 1.29 is 4.74 Å². The van der Waals surface area contributed by atoms with E-state index in [1.54, 1.807) is 0 Å². The molecule has 1 unspecified atom stereocenters. The fourth-order valence-corrected chi connectivity index (χ4v) is 6.00. The molecule has 0 N–H and O–H groups in total. The molecule has 5 heteroatoms. The minimum Gasteiger partial charge on any atom is -0.375 e. The van der Waals surface area contributed by atoms with Gasteiger partial charge in [0, 0.05) is 6.61 Å². The zero-order valence-electron chi connectivity index (χ0n) is 13.0. The van der Waals surface area contributed by atoms with Gasteiger partial charge >= 0.3 is 0 Å². The van der Waals surface area contributed by atoms with Gasteiger partial charge in [-0.05, 0) is 72.6 Å². The number of nitrogens with zero attached hydrogens (tertiary/aromatic N) is 2. The number of halogens is 1. The van der Waals surface area contributed by atoms with Crippen molar-refractivity contribution in [3.05, 3.63) is 15.0 Å². The molecule has 3 heterocycles. The van der Waals surface area contributed by atoms with Crippen molar-refractivity contribution in [1.82, 2.24) is 9.78 Å². The fourth-order valence-electron chi connectivity index (χ4n) is 3.65. The van der Waals surface area contributed by atoms with E-state index in [0.29, 0.717) is 6.04 Å². The Kier molecular flexibility index (Phi) is 5.21. The topological polar surface area (TPSA) is 27.1 Å². The van der Waals surface area contributed by atoms with E-state index in [9.17, 15) is 0 Å². The van der Waals surface area contributed by atoms with E-state index >= 15 is 0 Å². The van der Waals surface area contributed by atoms with Crippen LogP contribution in [0.3, 0.4) is 0 Å². The average Bonchev–Trinajstić information content (AvgIpc) is 2.84. The fraction of sp³-hybridized carbons (Fsp3) is 0.812. The molecule has 1 aromatic rings. The molecule has 0 radical (unpaired) electrons. The van der Waals surface area contributed by atoms with Crippen molar-refractivity contribution in [3.63, 3.8) is 0 Å². The van der Waals surface area contributed by atoms with Crippen LogP contribution in [0.1, 0.15) is 57.0 Å². The number of hydrogen-bond acceptors (Lipinski definition) is 3. The Balaban J connectivity index is 1.86. The first-order valence-electron chi connectivity index (χ1n) is 8.16. The van der Waals surface area contributed by atoms with Gasteiger partial charge in [-0.15, -0.1) is 0 Å². The lowest BCUT2D eigenvalue weighted by Gasteiger charge is -2.43. The van der Waals surface area contributed by atoms with Crippen LogP contribution in [0.15, 0.2) is 0 Å². The molecule has 0 saturated carbocycles. The van der Waals surface area contributed by atoms with Crippen LogP contribution in [0.4, 0.5) is 0 Å². The lowest BCUT2D eigenvalue weighted by atomic mass is 9.85. The molecule has 2 saturated heterocycles. The predicted octanol–water partition coefficient (Wildman–Crippen LogP) is 4.23. The van der Waals surface area contributed by atoms with E-state index in [2.05, 4.69) is 52.9 Å². The van der Waals surface area contributed by atoms with Crippen molar-refractivity contribution >= 4 is 34.4 Å². The summed E-state index contributed by atoms with van der Waals surface area (Å²) in [6.07, 6.45) is 6.81. The highest BCUT2D eigenvalue weighted by atomic mass is 127. The molecule has 2 aliphatic rings. The minimum atomic E-state index is 0.142. The Bertz CT molecular complexity index is 491. The van der Waals surface area contributed by atoms with Crippen LogP contribution in [-0.2, 0) is 17.6 Å². The van der Waals surface area contributed by atoms with Crippen LogP contribution in [-0.4, -0.2) is 33.5 Å². The van der Waals surface area contributed by atoms with Gasteiger partial charge in [0.25, 0.3) is 0 Å². The van der Waals surface area contributed by atoms with Crippen LogP contribution >= 0.6 is 34.4 Å². The molecule has 3 nitrogen and oxygen atoms in total. The van der Waals surface area contributed by atoms with Crippen molar-refractivity contribution in [1.29, 1.82) is 0 Å². The molecular formula is C16H25IN2OS. The molecule has 2 fully saturated rings. The smallest absolute Gasteiger partial charge is 0.0758 e. The Morgan fingerprint density at radius 3 is 2.76 bits per heavy atom. The van der Waals surface area contributed by atoms with Crippen LogP contribution < -0.4 is 0 Å². The van der Waals surface area contributed by atoms with E-state index in [-0.39, 0.29) is 5.60 Å². The summed E-state index contributed by atoms with van der Waals surface area (Å²) in [6.45, 7) is 5.36. The normalized spacial score (nSPS) is 25.4. The maximum absolute atomic E-state index is 6.24. The lowest BCUT2D eigenvalue weighted by molar-refractivity contribution is -0.101. The molecule has 118 valence electrons. The largest absolute Gasteiger partial charge is 0.375 e. The predicted molar refractivity (Wildman–Crippen MR) is 97.2 cm³/mol. The monoisotopic (exact) mass is 420 g/mol. The van der Waals surface area contributed by atoms with E-state index in [4.69, 9.17) is 9.84 Å². The quantitative estimate of drug-likeness (QED) is 0.685. The third kappa shape index (κ3) is 3.15. The Hall–Kier alpha value is 0.250. The Morgan fingerprint density at radius 2 is 2.10 bits per heavy atom. The molecule has 3 rings (SSSR count). The maximum atomic E-state index is 6.24. The molecular weight excluding hydrogens is 395 g/mol. The van der Waals surface area contributed by atoms with Gasteiger partial charge < -0.3 is 4.74 Å². The van der Waals surface area contributed by atoms with Crippen molar-refractivity contribution in [2.75, 3.05) is 18.1 Å². The number of rotatable bonds is 3. The van der Waals surface area contributed by atoms with Gasteiger partial charge in [0.2, 0.25) is 0 Å². The highest BCUT2D eigenvalue weighted by Gasteiger charge is 2.40. The number of aryl methyl sites for hydroxylation is 1. The Labute approximate surface area is 145 Å². The molecule has 0 aliphatic carbocycles. The summed E-state index contributed by atoms with van der Waals surface area (Å²) in [7, 11) is 0. The van der Waals surface area contributed by atoms with Gasteiger partial charge in [-0.3, -0.25) is 4.68 Å². The van der Waals surface area contributed by atoms with Crippen LogP contribution in [0.2, 0.25) is 0 Å². The van der Waals surface area contributed by atoms with Crippen LogP contribution in [0.25, 0.3) is 0 Å². The number of hydrogen-bond donors (Lipinski definition) is 0. The van der Waals surface area contributed by atoms with E-state index < -0.39 is 0 Å². The number of aromatic nitrogens is 2. The highest BCUT2D eigenvalue weighted by Crippen LogP contribution is 2.42. The maximum Gasteiger partial charge on any atom is 0.0758 e. The first-order chi connectivity index (χ1) is 10.2. The summed E-state index contributed by atoms with van der Waals surface area (Å²) in [5.74, 6) is 2.51. The summed E-state index contributed by atoms with van der Waals surface area (Å²) in [4.78, 5) is 0. The third-order valence-electron chi connectivity index (χ3n) is 4.90. The second-order valence-electron chi connectivity index (χ2n) is 6.15. The van der Waals surface area contributed by atoms with Crippen molar-refractivity contribution in [2.45, 2.75) is 64.0 Å². The summed E-state index contributed by atoms with van der Waals surface area (Å²) < 4.78 is 9.98. The SMILES string of the molecule is CCc1nn(C2CCOC3(CCSCC3)C2)c(CC)c1I. The van der Waals surface area contributed by atoms with Gasteiger partial charge in [0.15, 0.2) is 0 Å². The lowest BCUT2D eigenvalue weighted by Crippen LogP contribution is -2.43. The molecule has 1 aromatic heterocycles. The van der Waals surface area contributed by atoms with Crippen LogP contribution in [0, 0.1) is 3.57 Å². The first-order valence-corrected chi connectivity index (χ1v) is 10.4. The standard InChI is InChI=1S/C16H25IN2OS/c1-3-13-15(17)14(4-2)19(18-13)12-5-8-20-16(11-12)6-9-21-10-7-16/h12H,3-11H2,1-2H3. The molecule has 1 spiro atoms. The zero-order valence-corrected chi connectivity index (χ0v) is 16.0. The summed E-state index contributed by atoms with van der Waals surface area (Å²) in [5.41, 5.74) is 2.84. The zero-order chi connectivity index (χ0) is 14.9. The van der Waals surface area contributed by atoms with Gasteiger partial charge in [-0.25, -0.2) is 0 Å². The molecule has 0 aromatic carbocycles. The van der Waals surface area contributed by atoms with Gasteiger partial charge in [-0.1, -0.05) is 13.8 Å². The first kappa shape index (κ1) is 16.1. The summed E-state index contributed by atoms with van der Waals surface area (Å²) >= 11 is 4.56. The van der Waals surface area contributed by atoms with Crippen molar-refractivity contribution in [3.8, 4) is 0 Å². The number of ether oxygens (including phenoxy) is 1. The van der Waals surface area contributed by atoms with E-state index in [1.807, 2.05) is 0 Å². The Morgan fingerprint density at radius 1 is 1.33 bits per heavy atom. The molecule has 1 atom stereocenters. The third-order valence-corrected chi connectivity index (χ3v) is 7.13. The van der Waals surface area contributed by atoms with Gasteiger partial charge in [-0.2, -0.15) is 16.9 Å². The van der Waals surface area contributed by atoms with Crippen molar-refractivity contribution in [2.24, 2.45) is 0 Å². The van der Waals surface area contributed by atoms with Gasteiger partial charge in [0.05, 0.1) is 26.6 Å². The molecule has 0 amide bonds.